The standard InChI is InChI=1S/C9H17NO/c1-3-8(2)9(11)10-6-4-5-7-10/h8H,3-7H2,1-2H3. The van der Waals surface area contributed by atoms with Crippen molar-refractivity contribution in [2.45, 2.75) is 33.1 Å². The molecule has 0 radical (unpaired) electrons. The average Bonchev–Trinajstić information content (AvgIpc) is 2.53. The number of carbonyl (C=O) groups is 1. The van der Waals surface area contributed by atoms with Crippen LogP contribution in [0, 0.1) is 5.92 Å². The molecule has 2 heteroatoms. The lowest BCUT2D eigenvalue weighted by molar-refractivity contribution is -0.133. The molecule has 0 aliphatic carbocycles. The van der Waals surface area contributed by atoms with Crippen LogP contribution in [0.3, 0.4) is 0 Å². The number of amides is 1. The molecular formula is C9H17NO. The Balaban J connectivity index is 2.39. The highest BCUT2D eigenvalue weighted by molar-refractivity contribution is 5.78. The van der Waals surface area contributed by atoms with Crippen molar-refractivity contribution in [1.82, 2.24) is 4.90 Å². The zero-order valence-electron chi connectivity index (χ0n) is 7.47. The number of rotatable bonds is 2. The van der Waals surface area contributed by atoms with Crippen LogP contribution in [0.5, 0.6) is 0 Å². The number of nitrogens with zero attached hydrogens (tertiary/aromatic N) is 1. The van der Waals surface area contributed by atoms with Crippen molar-refractivity contribution in [2.75, 3.05) is 13.1 Å². The molecule has 1 atom stereocenters. The zero-order chi connectivity index (χ0) is 8.27. The lowest BCUT2D eigenvalue weighted by atomic mass is 10.1. The van der Waals surface area contributed by atoms with Gasteiger partial charge in [-0.3, -0.25) is 4.79 Å². The van der Waals surface area contributed by atoms with Gasteiger partial charge in [-0.25, -0.2) is 0 Å². The maximum absolute atomic E-state index is 11.5. The Morgan fingerprint density at radius 3 is 2.45 bits per heavy atom. The lowest BCUT2D eigenvalue weighted by Crippen LogP contribution is -2.32. The molecule has 0 N–H and O–H groups in total. The van der Waals surface area contributed by atoms with Crippen LogP contribution < -0.4 is 0 Å². The minimum atomic E-state index is 0.230. The SMILES string of the molecule is CCC(C)C(=O)N1CCCC1. The van der Waals surface area contributed by atoms with Crippen LogP contribution in [0.1, 0.15) is 33.1 Å². The highest BCUT2D eigenvalue weighted by Gasteiger charge is 2.21. The Morgan fingerprint density at radius 2 is 2.00 bits per heavy atom. The second-order valence-corrected chi connectivity index (χ2v) is 3.34. The smallest absolute Gasteiger partial charge is 0.225 e. The first-order chi connectivity index (χ1) is 5.25. The number of carbonyl (C=O) groups excluding carboxylic acids is 1. The zero-order valence-corrected chi connectivity index (χ0v) is 7.47. The minimum absolute atomic E-state index is 0.230. The predicted octanol–water partition coefficient (Wildman–Crippen LogP) is 1.65. The third-order valence-corrected chi connectivity index (χ3v) is 2.45. The van der Waals surface area contributed by atoms with Crippen LogP contribution in [-0.2, 0) is 4.79 Å². The van der Waals surface area contributed by atoms with E-state index in [1.54, 1.807) is 0 Å². The van der Waals surface area contributed by atoms with Gasteiger partial charge in [0.05, 0.1) is 0 Å². The van der Waals surface area contributed by atoms with Crippen LogP contribution in [0.25, 0.3) is 0 Å². The molecule has 0 aromatic rings. The van der Waals surface area contributed by atoms with E-state index in [0.29, 0.717) is 5.91 Å². The van der Waals surface area contributed by atoms with Crippen LogP contribution in [0.15, 0.2) is 0 Å². The van der Waals surface area contributed by atoms with E-state index in [1.807, 2.05) is 11.8 Å². The second-order valence-electron chi connectivity index (χ2n) is 3.34. The molecule has 1 aliphatic heterocycles. The van der Waals surface area contributed by atoms with Crippen LogP contribution in [0.4, 0.5) is 0 Å². The van der Waals surface area contributed by atoms with Crippen LogP contribution in [-0.4, -0.2) is 23.9 Å². The van der Waals surface area contributed by atoms with E-state index < -0.39 is 0 Å². The fourth-order valence-electron chi connectivity index (χ4n) is 1.42. The number of hydrogen-bond acceptors (Lipinski definition) is 1. The molecule has 0 spiro atoms. The Morgan fingerprint density at radius 1 is 1.45 bits per heavy atom. The van der Waals surface area contributed by atoms with Gasteiger partial charge in [-0.05, 0) is 19.3 Å². The number of hydrogen-bond donors (Lipinski definition) is 0. The second kappa shape index (κ2) is 3.74. The average molecular weight is 155 g/mol. The summed E-state index contributed by atoms with van der Waals surface area (Å²) in [6, 6.07) is 0. The number of likely N-dealkylation sites (tertiary alicyclic amines) is 1. The lowest BCUT2D eigenvalue weighted by Gasteiger charge is -2.18. The monoisotopic (exact) mass is 155 g/mol. The third-order valence-electron chi connectivity index (χ3n) is 2.45. The van der Waals surface area contributed by atoms with Crippen molar-refractivity contribution < 1.29 is 4.79 Å². The molecule has 0 aromatic carbocycles. The summed E-state index contributed by atoms with van der Waals surface area (Å²) in [5.74, 6) is 0.582. The summed E-state index contributed by atoms with van der Waals surface area (Å²) < 4.78 is 0. The Bertz CT molecular complexity index is 138. The van der Waals surface area contributed by atoms with E-state index in [0.717, 1.165) is 19.5 Å². The largest absolute Gasteiger partial charge is 0.342 e. The van der Waals surface area contributed by atoms with E-state index in [-0.39, 0.29) is 5.92 Å². The summed E-state index contributed by atoms with van der Waals surface area (Å²) in [6.07, 6.45) is 3.36. The van der Waals surface area contributed by atoms with Crippen molar-refractivity contribution in [3.05, 3.63) is 0 Å². The minimum Gasteiger partial charge on any atom is -0.342 e. The van der Waals surface area contributed by atoms with Crippen molar-refractivity contribution in [3.8, 4) is 0 Å². The van der Waals surface area contributed by atoms with Gasteiger partial charge in [0.1, 0.15) is 0 Å². The van der Waals surface area contributed by atoms with Gasteiger partial charge < -0.3 is 4.90 Å². The fourth-order valence-corrected chi connectivity index (χ4v) is 1.42. The Labute approximate surface area is 68.6 Å². The molecule has 1 rings (SSSR count). The third kappa shape index (κ3) is 1.95. The molecule has 1 unspecified atom stereocenters. The van der Waals surface area contributed by atoms with Crippen LogP contribution >= 0.6 is 0 Å². The van der Waals surface area contributed by atoms with Gasteiger partial charge in [0.15, 0.2) is 0 Å². The quantitative estimate of drug-likeness (QED) is 0.594. The molecule has 0 saturated carbocycles. The van der Waals surface area contributed by atoms with Crippen molar-refractivity contribution in [1.29, 1.82) is 0 Å². The van der Waals surface area contributed by atoms with E-state index in [2.05, 4.69) is 6.92 Å². The maximum atomic E-state index is 11.5. The first-order valence-corrected chi connectivity index (χ1v) is 4.54. The van der Waals surface area contributed by atoms with Gasteiger partial charge in [-0.1, -0.05) is 13.8 Å². The van der Waals surface area contributed by atoms with Crippen molar-refractivity contribution in [2.24, 2.45) is 5.92 Å². The summed E-state index contributed by atoms with van der Waals surface area (Å²) in [4.78, 5) is 13.5. The van der Waals surface area contributed by atoms with Crippen molar-refractivity contribution >= 4 is 5.91 Å². The summed E-state index contributed by atoms with van der Waals surface area (Å²) in [7, 11) is 0. The molecule has 0 aromatic heterocycles. The van der Waals surface area contributed by atoms with Gasteiger partial charge in [-0.2, -0.15) is 0 Å². The first kappa shape index (κ1) is 8.57. The van der Waals surface area contributed by atoms with Gasteiger partial charge in [-0.15, -0.1) is 0 Å². The van der Waals surface area contributed by atoms with Gasteiger partial charge in [0.2, 0.25) is 5.91 Å². The summed E-state index contributed by atoms with van der Waals surface area (Å²) in [5.41, 5.74) is 0. The van der Waals surface area contributed by atoms with E-state index in [9.17, 15) is 4.79 Å². The van der Waals surface area contributed by atoms with Gasteiger partial charge >= 0.3 is 0 Å². The van der Waals surface area contributed by atoms with Gasteiger partial charge in [0, 0.05) is 19.0 Å². The van der Waals surface area contributed by atoms with Crippen LogP contribution in [0.2, 0.25) is 0 Å². The summed E-state index contributed by atoms with van der Waals surface area (Å²) in [5, 5.41) is 0. The summed E-state index contributed by atoms with van der Waals surface area (Å²) >= 11 is 0. The Kier molecular flexibility index (Phi) is 2.92. The normalized spacial score (nSPS) is 20.4. The maximum Gasteiger partial charge on any atom is 0.225 e. The highest BCUT2D eigenvalue weighted by atomic mass is 16.2. The predicted molar refractivity (Wildman–Crippen MR) is 45.3 cm³/mol. The Hall–Kier alpha value is -0.530. The molecule has 1 fully saturated rings. The van der Waals surface area contributed by atoms with Crippen molar-refractivity contribution in [3.63, 3.8) is 0 Å². The molecule has 11 heavy (non-hydrogen) atoms. The van der Waals surface area contributed by atoms with E-state index >= 15 is 0 Å². The topological polar surface area (TPSA) is 20.3 Å². The molecule has 64 valence electrons. The molecule has 1 amide bonds. The summed E-state index contributed by atoms with van der Waals surface area (Å²) in [6.45, 7) is 6.06. The molecule has 0 bridgehead atoms. The first-order valence-electron chi connectivity index (χ1n) is 4.54. The molecule has 1 heterocycles. The van der Waals surface area contributed by atoms with E-state index in [1.165, 1.54) is 12.8 Å². The molecular weight excluding hydrogens is 138 g/mol. The molecule has 1 aliphatic rings. The molecule has 1 saturated heterocycles. The highest BCUT2D eigenvalue weighted by Crippen LogP contribution is 2.13. The molecule has 2 nitrogen and oxygen atoms in total. The fraction of sp³-hybridized carbons (Fsp3) is 0.889. The van der Waals surface area contributed by atoms with E-state index in [4.69, 9.17) is 0 Å². The van der Waals surface area contributed by atoms with Gasteiger partial charge in [0.25, 0.3) is 0 Å².